The van der Waals surface area contributed by atoms with Crippen LogP contribution in [0, 0.1) is 0 Å². The Morgan fingerprint density at radius 1 is 0.781 bits per heavy atom. The standard InChI is InChI=1S/C24H28N2O6/c1-29-14-12-25(13-15-30-2)22-21(17-10-11-19(31-3)20(16-17)32-4)23(27)26(24(22)28)18-8-6-5-7-9-18/h5-11,16H,12-15H2,1-4H3. The number of para-hydroxylation sites is 1. The predicted molar refractivity (Wildman–Crippen MR) is 121 cm³/mol. The van der Waals surface area contributed by atoms with E-state index in [-0.39, 0.29) is 0 Å². The zero-order valence-corrected chi connectivity index (χ0v) is 18.8. The Morgan fingerprint density at radius 2 is 1.41 bits per heavy atom. The molecule has 0 aliphatic carbocycles. The molecular formula is C24H28N2O6. The number of imide groups is 1. The van der Waals surface area contributed by atoms with E-state index in [1.807, 2.05) is 11.0 Å². The molecule has 0 spiro atoms. The highest BCUT2D eigenvalue weighted by molar-refractivity contribution is 6.45. The van der Waals surface area contributed by atoms with Gasteiger partial charge in [-0.15, -0.1) is 0 Å². The molecule has 0 aromatic heterocycles. The maximum Gasteiger partial charge on any atom is 0.282 e. The highest BCUT2D eigenvalue weighted by Crippen LogP contribution is 2.38. The third kappa shape index (κ3) is 4.61. The van der Waals surface area contributed by atoms with Crippen molar-refractivity contribution in [2.45, 2.75) is 0 Å². The first-order valence-electron chi connectivity index (χ1n) is 10.2. The van der Waals surface area contributed by atoms with Crippen LogP contribution in [-0.4, -0.2) is 71.5 Å². The Kier molecular flexibility index (Phi) is 7.86. The molecule has 170 valence electrons. The molecule has 1 aliphatic rings. The van der Waals surface area contributed by atoms with Crippen LogP contribution in [0.1, 0.15) is 5.56 Å². The monoisotopic (exact) mass is 440 g/mol. The van der Waals surface area contributed by atoms with E-state index in [0.29, 0.717) is 60.3 Å². The van der Waals surface area contributed by atoms with Crippen LogP contribution in [0.5, 0.6) is 11.5 Å². The number of methoxy groups -OCH3 is 4. The molecule has 32 heavy (non-hydrogen) atoms. The van der Waals surface area contributed by atoms with Gasteiger partial charge in [0, 0.05) is 27.3 Å². The lowest BCUT2D eigenvalue weighted by atomic mass is 10.0. The fraction of sp³-hybridized carbons (Fsp3) is 0.333. The van der Waals surface area contributed by atoms with Crippen LogP contribution in [0.3, 0.4) is 0 Å². The van der Waals surface area contributed by atoms with Gasteiger partial charge in [0.15, 0.2) is 11.5 Å². The lowest BCUT2D eigenvalue weighted by Crippen LogP contribution is -2.37. The minimum atomic E-state index is -0.400. The zero-order chi connectivity index (χ0) is 23.1. The van der Waals surface area contributed by atoms with E-state index in [1.165, 1.54) is 12.0 Å². The molecule has 0 saturated carbocycles. The average molecular weight is 440 g/mol. The molecule has 2 amide bonds. The predicted octanol–water partition coefficient (Wildman–Crippen LogP) is 2.58. The number of benzene rings is 2. The molecule has 0 N–H and O–H groups in total. The Hall–Kier alpha value is -3.36. The van der Waals surface area contributed by atoms with Crippen molar-refractivity contribution in [2.24, 2.45) is 0 Å². The summed E-state index contributed by atoms with van der Waals surface area (Å²) < 4.78 is 21.2. The first kappa shape index (κ1) is 23.3. The number of nitrogens with zero attached hydrogens (tertiary/aromatic N) is 2. The molecule has 3 rings (SSSR count). The molecular weight excluding hydrogens is 412 g/mol. The van der Waals surface area contributed by atoms with E-state index in [1.54, 1.807) is 63.8 Å². The minimum absolute atomic E-state index is 0.298. The van der Waals surface area contributed by atoms with Gasteiger partial charge in [-0.2, -0.15) is 0 Å². The van der Waals surface area contributed by atoms with Gasteiger partial charge in [0.2, 0.25) is 0 Å². The summed E-state index contributed by atoms with van der Waals surface area (Å²) in [5.41, 5.74) is 1.68. The second-order valence-electron chi connectivity index (χ2n) is 7.05. The second kappa shape index (κ2) is 10.8. The quantitative estimate of drug-likeness (QED) is 0.497. The van der Waals surface area contributed by atoms with Crippen molar-refractivity contribution in [1.29, 1.82) is 0 Å². The Balaban J connectivity index is 2.16. The Labute approximate surface area is 187 Å². The summed E-state index contributed by atoms with van der Waals surface area (Å²) in [5, 5.41) is 0. The summed E-state index contributed by atoms with van der Waals surface area (Å²) in [6, 6.07) is 14.1. The summed E-state index contributed by atoms with van der Waals surface area (Å²) in [5.74, 6) is 0.211. The summed E-state index contributed by atoms with van der Waals surface area (Å²) in [7, 11) is 6.26. The summed E-state index contributed by atoms with van der Waals surface area (Å²) in [6.45, 7) is 1.62. The smallest absolute Gasteiger partial charge is 0.282 e. The van der Waals surface area contributed by atoms with E-state index in [0.717, 1.165) is 0 Å². The van der Waals surface area contributed by atoms with Crippen molar-refractivity contribution in [2.75, 3.05) is 59.6 Å². The van der Waals surface area contributed by atoms with Crippen LogP contribution in [0.15, 0.2) is 54.2 Å². The van der Waals surface area contributed by atoms with E-state index < -0.39 is 11.8 Å². The van der Waals surface area contributed by atoms with Gasteiger partial charge in [0.1, 0.15) is 5.70 Å². The van der Waals surface area contributed by atoms with Crippen LogP contribution >= 0.6 is 0 Å². The van der Waals surface area contributed by atoms with Gasteiger partial charge in [-0.3, -0.25) is 9.59 Å². The zero-order valence-electron chi connectivity index (χ0n) is 18.8. The van der Waals surface area contributed by atoms with Gasteiger partial charge in [-0.05, 0) is 29.8 Å². The lowest BCUT2D eigenvalue weighted by molar-refractivity contribution is -0.120. The normalized spacial score (nSPS) is 13.7. The van der Waals surface area contributed by atoms with Crippen molar-refractivity contribution in [3.05, 3.63) is 59.8 Å². The maximum atomic E-state index is 13.6. The van der Waals surface area contributed by atoms with E-state index in [4.69, 9.17) is 18.9 Å². The number of hydrogen-bond donors (Lipinski definition) is 0. The third-order valence-electron chi connectivity index (χ3n) is 5.19. The van der Waals surface area contributed by atoms with Gasteiger partial charge in [-0.25, -0.2) is 4.90 Å². The fourth-order valence-corrected chi connectivity index (χ4v) is 3.61. The topological polar surface area (TPSA) is 77.5 Å². The van der Waals surface area contributed by atoms with Gasteiger partial charge < -0.3 is 23.8 Å². The molecule has 0 atom stereocenters. The molecule has 0 fully saturated rings. The molecule has 0 radical (unpaired) electrons. The highest BCUT2D eigenvalue weighted by atomic mass is 16.5. The van der Waals surface area contributed by atoms with E-state index >= 15 is 0 Å². The molecule has 1 aliphatic heterocycles. The maximum absolute atomic E-state index is 13.6. The van der Waals surface area contributed by atoms with Crippen molar-refractivity contribution < 1.29 is 28.5 Å². The average Bonchev–Trinajstić information content (AvgIpc) is 3.09. The number of carbonyl (C=O) groups is 2. The Bertz CT molecular complexity index is 981. The molecule has 8 nitrogen and oxygen atoms in total. The third-order valence-corrected chi connectivity index (χ3v) is 5.19. The van der Waals surface area contributed by atoms with E-state index in [9.17, 15) is 9.59 Å². The summed E-state index contributed by atoms with van der Waals surface area (Å²) in [4.78, 5) is 30.3. The Morgan fingerprint density at radius 3 is 1.97 bits per heavy atom. The number of amides is 2. The van der Waals surface area contributed by atoms with Gasteiger partial charge >= 0.3 is 0 Å². The van der Waals surface area contributed by atoms with Crippen molar-refractivity contribution >= 4 is 23.1 Å². The van der Waals surface area contributed by atoms with Crippen molar-refractivity contribution in [1.82, 2.24) is 4.90 Å². The van der Waals surface area contributed by atoms with Gasteiger partial charge in [0.05, 0.1) is 38.7 Å². The molecule has 1 heterocycles. The number of hydrogen-bond acceptors (Lipinski definition) is 7. The lowest BCUT2D eigenvalue weighted by Gasteiger charge is -2.25. The molecule has 2 aromatic carbocycles. The molecule has 0 unspecified atom stereocenters. The van der Waals surface area contributed by atoms with Gasteiger partial charge in [-0.1, -0.05) is 24.3 Å². The number of anilines is 1. The minimum Gasteiger partial charge on any atom is -0.493 e. The van der Waals surface area contributed by atoms with Crippen LogP contribution < -0.4 is 14.4 Å². The van der Waals surface area contributed by atoms with Crippen LogP contribution in [0.4, 0.5) is 5.69 Å². The second-order valence-corrected chi connectivity index (χ2v) is 7.05. The number of ether oxygens (including phenoxy) is 4. The highest BCUT2D eigenvalue weighted by Gasteiger charge is 2.42. The largest absolute Gasteiger partial charge is 0.493 e. The summed E-state index contributed by atoms with van der Waals surface area (Å²) in [6.07, 6.45) is 0. The molecule has 0 saturated heterocycles. The van der Waals surface area contributed by atoms with Crippen LogP contribution in [-0.2, 0) is 19.1 Å². The first-order valence-corrected chi connectivity index (χ1v) is 10.2. The molecule has 8 heteroatoms. The SMILES string of the molecule is COCCN(CCOC)C1=C(c2ccc(OC)c(OC)c2)C(=O)N(c2ccccc2)C1=O. The van der Waals surface area contributed by atoms with E-state index in [2.05, 4.69) is 0 Å². The van der Waals surface area contributed by atoms with Crippen LogP contribution in [0.2, 0.25) is 0 Å². The van der Waals surface area contributed by atoms with Crippen molar-refractivity contribution in [3.63, 3.8) is 0 Å². The fourth-order valence-electron chi connectivity index (χ4n) is 3.61. The van der Waals surface area contributed by atoms with Gasteiger partial charge in [0.25, 0.3) is 11.8 Å². The molecule has 2 aromatic rings. The number of rotatable bonds is 11. The summed E-state index contributed by atoms with van der Waals surface area (Å²) >= 11 is 0. The van der Waals surface area contributed by atoms with Crippen LogP contribution in [0.25, 0.3) is 5.57 Å². The number of carbonyl (C=O) groups excluding carboxylic acids is 2. The first-order chi connectivity index (χ1) is 15.6. The molecule has 0 bridgehead atoms. The van der Waals surface area contributed by atoms with Crippen molar-refractivity contribution in [3.8, 4) is 11.5 Å².